The number of aromatic nitrogens is 1. The number of hydrogen-bond acceptors (Lipinski definition) is 6. The first-order chi connectivity index (χ1) is 17.0. The Hall–Kier alpha value is -4.10. The molecular weight excluding hydrogens is 460 g/mol. The fourth-order valence-electron chi connectivity index (χ4n) is 3.56. The molecule has 4 aromatic rings. The predicted octanol–water partition coefficient (Wildman–Crippen LogP) is 6.52. The first-order valence-corrected chi connectivity index (χ1v) is 11.8. The lowest BCUT2D eigenvalue weighted by Crippen LogP contribution is -2.24. The van der Waals surface area contributed by atoms with Crippen LogP contribution in [0.1, 0.15) is 11.1 Å². The van der Waals surface area contributed by atoms with Gasteiger partial charge in [-0.3, -0.25) is 4.79 Å². The highest BCUT2D eigenvalue weighted by molar-refractivity contribution is 7.14. The number of amides is 1. The second-order valence-electron chi connectivity index (χ2n) is 7.67. The van der Waals surface area contributed by atoms with Crippen LogP contribution in [0.2, 0.25) is 0 Å². The predicted molar refractivity (Wildman–Crippen MR) is 141 cm³/mol. The van der Waals surface area contributed by atoms with Crippen LogP contribution in [0.4, 0.5) is 10.8 Å². The first kappa shape index (κ1) is 24.0. The summed E-state index contributed by atoms with van der Waals surface area (Å²) in [4.78, 5) is 20.0. The molecule has 1 aromatic heterocycles. The van der Waals surface area contributed by atoms with Gasteiger partial charge in [-0.25, -0.2) is 9.88 Å². The van der Waals surface area contributed by atoms with Crippen molar-refractivity contribution < 1.29 is 19.0 Å². The lowest BCUT2D eigenvalue weighted by molar-refractivity contribution is -0.113. The molecule has 7 heteroatoms. The maximum absolute atomic E-state index is 13.6. The number of ether oxygens (including phenoxy) is 3. The van der Waals surface area contributed by atoms with Gasteiger partial charge in [0, 0.05) is 22.6 Å². The lowest BCUT2D eigenvalue weighted by Gasteiger charge is -2.20. The molecule has 0 unspecified atom stereocenters. The number of thiazole rings is 1. The third kappa shape index (κ3) is 5.36. The van der Waals surface area contributed by atoms with Crippen molar-refractivity contribution in [3.05, 3.63) is 89.3 Å². The Labute approximate surface area is 209 Å². The van der Waals surface area contributed by atoms with E-state index in [9.17, 15) is 4.79 Å². The standard InChI is InChI=1S/C28H26N2O4S/c1-19-9-11-20(12-10-19)23-18-35-28(29-23)30(24-7-5-6-8-26(24)34-4)27(31)16-13-21-17-22(32-2)14-15-25(21)33-3/h5-18H,1-4H3. The maximum Gasteiger partial charge on any atom is 0.257 e. The molecule has 1 heterocycles. The van der Waals surface area contributed by atoms with E-state index in [-0.39, 0.29) is 5.91 Å². The highest BCUT2D eigenvalue weighted by Gasteiger charge is 2.23. The van der Waals surface area contributed by atoms with Gasteiger partial charge in [-0.15, -0.1) is 11.3 Å². The number of methoxy groups -OCH3 is 3. The summed E-state index contributed by atoms with van der Waals surface area (Å²) in [6.45, 7) is 2.04. The van der Waals surface area contributed by atoms with Crippen molar-refractivity contribution in [1.82, 2.24) is 4.98 Å². The summed E-state index contributed by atoms with van der Waals surface area (Å²) in [5.74, 6) is 1.60. The van der Waals surface area contributed by atoms with Gasteiger partial charge in [0.05, 0.1) is 32.7 Å². The second kappa shape index (κ2) is 10.9. The van der Waals surface area contributed by atoms with Crippen LogP contribution in [-0.4, -0.2) is 32.2 Å². The van der Waals surface area contributed by atoms with Gasteiger partial charge < -0.3 is 14.2 Å². The number of carbonyl (C=O) groups excluding carboxylic acids is 1. The topological polar surface area (TPSA) is 60.9 Å². The molecule has 0 bridgehead atoms. The van der Waals surface area contributed by atoms with E-state index < -0.39 is 0 Å². The molecule has 4 rings (SSSR count). The van der Waals surface area contributed by atoms with Crippen molar-refractivity contribution in [1.29, 1.82) is 0 Å². The molecule has 0 aliphatic heterocycles. The Morgan fingerprint density at radius 3 is 2.37 bits per heavy atom. The Bertz CT molecular complexity index is 1350. The minimum Gasteiger partial charge on any atom is -0.497 e. The monoisotopic (exact) mass is 486 g/mol. The molecule has 1 amide bonds. The molecule has 0 atom stereocenters. The largest absolute Gasteiger partial charge is 0.497 e. The highest BCUT2D eigenvalue weighted by Crippen LogP contribution is 2.37. The van der Waals surface area contributed by atoms with Crippen LogP contribution in [0, 0.1) is 6.92 Å². The summed E-state index contributed by atoms with van der Waals surface area (Å²) in [6.07, 6.45) is 3.21. The molecule has 0 N–H and O–H groups in total. The summed E-state index contributed by atoms with van der Waals surface area (Å²) in [6, 6.07) is 20.9. The van der Waals surface area contributed by atoms with Gasteiger partial charge in [0.2, 0.25) is 0 Å². The van der Waals surface area contributed by atoms with Gasteiger partial charge in [-0.2, -0.15) is 0 Å². The molecule has 0 fully saturated rings. The van der Waals surface area contributed by atoms with Crippen LogP contribution in [0.25, 0.3) is 17.3 Å². The Kier molecular flexibility index (Phi) is 7.48. The van der Waals surface area contributed by atoms with E-state index >= 15 is 0 Å². The minimum absolute atomic E-state index is 0.274. The van der Waals surface area contributed by atoms with Gasteiger partial charge >= 0.3 is 0 Å². The van der Waals surface area contributed by atoms with E-state index in [1.807, 2.05) is 66.9 Å². The number of rotatable bonds is 8. The lowest BCUT2D eigenvalue weighted by atomic mass is 10.1. The maximum atomic E-state index is 13.6. The smallest absolute Gasteiger partial charge is 0.257 e. The number of anilines is 2. The van der Waals surface area contributed by atoms with Gasteiger partial charge in [-0.05, 0) is 43.3 Å². The minimum atomic E-state index is -0.274. The quantitative estimate of drug-likeness (QED) is 0.265. The van der Waals surface area contributed by atoms with Crippen LogP contribution >= 0.6 is 11.3 Å². The SMILES string of the molecule is COc1ccc(OC)c(C=CC(=O)N(c2nc(-c3ccc(C)cc3)cs2)c2ccccc2OC)c1. The fraction of sp³-hybridized carbons (Fsp3) is 0.143. The molecule has 0 saturated heterocycles. The van der Waals surface area contributed by atoms with Crippen LogP contribution < -0.4 is 19.1 Å². The van der Waals surface area contributed by atoms with E-state index in [0.29, 0.717) is 28.1 Å². The summed E-state index contributed by atoms with van der Waals surface area (Å²) in [5.41, 5.74) is 4.29. The average molecular weight is 487 g/mol. The van der Waals surface area contributed by atoms with E-state index in [1.54, 1.807) is 44.4 Å². The molecule has 0 radical (unpaired) electrons. The van der Waals surface area contributed by atoms with Crippen molar-refractivity contribution >= 4 is 34.1 Å². The highest BCUT2D eigenvalue weighted by atomic mass is 32.1. The molecule has 35 heavy (non-hydrogen) atoms. The Balaban J connectivity index is 1.74. The molecule has 3 aromatic carbocycles. The van der Waals surface area contributed by atoms with Crippen molar-refractivity contribution in [3.8, 4) is 28.5 Å². The van der Waals surface area contributed by atoms with E-state index in [4.69, 9.17) is 19.2 Å². The van der Waals surface area contributed by atoms with Crippen molar-refractivity contribution in [3.63, 3.8) is 0 Å². The zero-order valence-electron chi connectivity index (χ0n) is 20.0. The van der Waals surface area contributed by atoms with Crippen LogP contribution in [0.5, 0.6) is 17.2 Å². The third-order valence-electron chi connectivity index (χ3n) is 5.42. The molecule has 0 aliphatic rings. The van der Waals surface area contributed by atoms with Gasteiger partial charge in [0.25, 0.3) is 5.91 Å². The van der Waals surface area contributed by atoms with E-state index in [2.05, 4.69) is 0 Å². The number of para-hydroxylation sites is 2. The fourth-order valence-corrected chi connectivity index (χ4v) is 4.41. The summed E-state index contributed by atoms with van der Waals surface area (Å²) in [7, 11) is 4.76. The molecule has 178 valence electrons. The molecular formula is C28H26N2O4S. The molecule has 0 saturated carbocycles. The zero-order valence-corrected chi connectivity index (χ0v) is 20.8. The Morgan fingerprint density at radius 1 is 0.914 bits per heavy atom. The van der Waals surface area contributed by atoms with E-state index in [1.165, 1.54) is 23.0 Å². The zero-order chi connectivity index (χ0) is 24.8. The van der Waals surface area contributed by atoms with Crippen molar-refractivity contribution in [2.45, 2.75) is 6.92 Å². The van der Waals surface area contributed by atoms with Crippen molar-refractivity contribution in [2.75, 3.05) is 26.2 Å². The van der Waals surface area contributed by atoms with Crippen LogP contribution in [-0.2, 0) is 4.79 Å². The summed E-state index contributed by atoms with van der Waals surface area (Å²) >= 11 is 1.39. The number of aryl methyl sites for hydroxylation is 1. The average Bonchev–Trinajstić information content (AvgIpc) is 3.37. The Morgan fingerprint density at radius 2 is 1.66 bits per heavy atom. The van der Waals surface area contributed by atoms with Gasteiger partial charge in [-0.1, -0.05) is 42.0 Å². The van der Waals surface area contributed by atoms with Crippen molar-refractivity contribution in [2.24, 2.45) is 0 Å². The van der Waals surface area contributed by atoms with Crippen LogP contribution in [0.15, 0.2) is 78.2 Å². The van der Waals surface area contributed by atoms with Gasteiger partial charge in [0.15, 0.2) is 5.13 Å². The number of carbonyl (C=O) groups is 1. The summed E-state index contributed by atoms with van der Waals surface area (Å²) in [5, 5.41) is 2.49. The third-order valence-corrected chi connectivity index (χ3v) is 6.25. The molecule has 0 aliphatic carbocycles. The van der Waals surface area contributed by atoms with E-state index in [0.717, 1.165) is 16.8 Å². The molecule has 6 nitrogen and oxygen atoms in total. The molecule has 0 spiro atoms. The number of benzene rings is 3. The second-order valence-corrected chi connectivity index (χ2v) is 8.50. The van der Waals surface area contributed by atoms with Crippen LogP contribution in [0.3, 0.4) is 0 Å². The normalized spacial score (nSPS) is 10.9. The first-order valence-electron chi connectivity index (χ1n) is 10.9. The van der Waals surface area contributed by atoms with Gasteiger partial charge in [0.1, 0.15) is 17.2 Å². The number of nitrogens with zero attached hydrogens (tertiary/aromatic N) is 2. The number of hydrogen-bond donors (Lipinski definition) is 0. The summed E-state index contributed by atoms with van der Waals surface area (Å²) < 4.78 is 16.3.